The van der Waals surface area contributed by atoms with E-state index in [1.165, 1.54) is 12.1 Å². The van der Waals surface area contributed by atoms with Crippen LogP contribution in [0.5, 0.6) is 0 Å². The molecule has 208 valence electrons. The minimum absolute atomic E-state index is 0.110. The molecule has 4 rings (SSSR count). The Labute approximate surface area is 228 Å². The Balaban J connectivity index is 1.63. The second-order valence-corrected chi connectivity index (χ2v) is 9.67. The van der Waals surface area contributed by atoms with Crippen LogP contribution in [0.15, 0.2) is 66.7 Å². The summed E-state index contributed by atoms with van der Waals surface area (Å²) < 4.78 is 45.8. The molecule has 3 aromatic rings. The summed E-state index contributed by atoms with van der Waals surface area (Å²) in [7, 11) is 0. The van der Waals surface area contributed by atoms with E-state index in [1.807, 2.05) is 6.07 Å². The number of carbonyl (C=O) groups is 2. The number of amides is 1. The molecule has 0 aliphatic carbocycles. The van der Waals surface area contributed by atoms with E-state index in [-0.39, 0.29) is 12.1 Å². The van der Waals surface area contributed by atoms with Crippen molar-refractivity contribution in [3.8, 4) is 17.2 Å². The molecule has 0 saturated carbocycles. The third-order valence-corrected chi connectivity index (χ3v) is 7.08. The molecule has 1 heterocycles. The van der Waals surface area contributed by atoms with Crippen molar-refractivity contribution < 1.29 is 37.7 Å². The van der Waals surface area contributed by atoms with Crippen molar-refractivity contribution >= 4 is 17.4 Å². The number of rotatable bonds is 8. The van der Waals surface area contributed by atoms with Crippen molar-refractivity contribution in [3.63, 3.8) is 0 Å². The van der Waals surface area contributed by atoms with Crippen molar-refractivity contribution in [2.45, 2.75) is 31.0 Å². The molecule has 3 aromatic carbocycles. The minimum atomic E-state index is -4.80. The van der Waals surface area contributed by atoms with Gasteiger partial charge in [-0.3, -0.25) is 9.59 Å². The topological polar surface area (TPSA) is 120 Å². The summed E-state index contributed by atoms with van der Waals surface area (Å²) in [6, 6.07) is 18.1. The summed E-state index contributed by atoms with van der Waals surface area (Å²) >= 11 is 0. The van der Waals surface area contributed by atoms with E-state index in [0.29, 0.717) is 43.2 Å². The molecule has 1 saturated heterocycles. The van der Waals surface area contributed by atoms with Gasteiger partial charge in [-0.15, -0.1) is 0 Å². The molecule has 0 spiro atoms. The maximum absolute atomic E-state index is 13.5. The van der Waals surface area contributed by atoms with Crippen molar-refractivity contribution in [2.75, 3.05) is 25.1 Å². The number of nitriles is 1. The van der Waals surface area contributed by atoms with E-state index >= 15 is 0 Å². The smallest absolute Gasteiger partial charge is 0.388 e. The number of aliphatic hydroxyl groups excluding tert-OH is 1. The fourth-order valence-corrected chi connectivity index (χ4v) is 4.89. The molecule has 1 fully saturated rings. The number of alkyl halides is 3. The molecular weight excluding hydrogens is 525 g/mol. The van der Waals surface area contributed by atoms with Gasteiger partial charge in [0, 0.05) is 36.8 Å². The van der Waals surface area contributed by atoms with Gasteiger partial charge in [-0.25, -0.2) is 0 Å². The van der Waals surface area contributed by atoms with Gasteiger partial charge in [0.25, 0.3) is 5.91 Å². The lowest BCUT2D eigenvalue weighted by molar-refractivity contribution is -0.144. The first-order valence-electron chi connectivity index (χ1n) is 12.6. The van der Waals surface area contributed by atoms with Crippen LogP contribution in [0.1, 0.15) is 39.9 Å². The molecular formula is C30H27F3N2O5. The molecule has 1 atom stereocenters. The molecule has 0 radical (unpaired) electrons. The summed E-state index contributed by atoms with van der Waals surface area (Å²) in [4.78, 5) is 25.3. The van der Waals surface area contributed by atoms with Crippen molar-refractivity contribution in [2.24, 2.45) is 5.92 Å². The number of Topliss-reactive ketones (excluding diaryl/α,β-unsaturated/α-hetero) is 1. The Morgan fingerprint density at radius 1 is 1.00 bits per heavy atom. The predicted octanol–water partition coefficient (Wildman–Crippen LogP) is 4.76. The van der Waals surface area contributed by atoms with Crippen LogP contribution in [0.25, 0.3) is 11.1 Å². The van der Waals surface area contributed by atoms with Crippen LogP contribution in [0, 0.1) is 17.2 Å². The third kappa shape index (κ3) is 6.39. The zero-order valence-electron chi connectivity index (χ0n) is 21.4. The van der Waals surface area contributed by atoms with Crippen molar-refractivity contribution in [1.82, 2.24) is 0 Å². The first kappa shape index (κ1) is 29.0. The molecule has 0 bridgehead atoms. The highest BCUT2D eigenvalue weighted by molar-refractivity contribution is 5.98. The highest BCUT2D eigenvalue weighted by atomic mass is 19.4. The number of aliphatic hydroxyl groups is 2. The Kier molecular flexibility index (Phi) is 8.69. The van der Waals surface area contributed by atoms with E-state index in [0.717, 1.165) is 17.2 Å². The normalized spacial score (nSPS) is 15.6. The number of halogens is 3. The molecule has 10 heteroatoms. The van der Waals surface area contributed by atoms with Crippen LogP contribution in [0.3, 0.4) is 0 Å². The zero-order valence-corrected chi connectivity index (χ0v) is 21.4. The first-order chi connectivity index (χ1) is 19.0. The fourth-order valence-electron chi connectivity index (χ4n) is 4.89. The number of carbonyl (C=O) groups excluding carboxylic acids is 2. The van der Waals surface area contributed by atoms with Crippen molar-refractivity contribution in [1.29, 1.82) is 5.26 Å². The number of hydrogen-bond donors (Lipinski definition) is 3. The summed E-state index contributed by atoms with van der Waals surface area (Å²) in [6.07, 6.45) is -4.15. The summed E-state index contributed by atoms with van der Waals surface area (Å²) in [5.41, 5.74) is -1.39. The fraction of sp³-hybridized carbons (Fsp3) is 0.300. The Morgan fingerprint density at radius 3 is 2.33 bits per heavy atom. The summed E-state index contributed by atoms with van der Waals surface area (Å²) in [5.74, 6) is -1.78. The van der Waals surface area contributed by atoms with Crippen LogP contribution in [0.2, 0.25) is 0 Å². The van der Waals surface area contributed by atoms with Gasteiger partial charge < -0.3 is 20.3 Å². The Hall–Kier alpha value is -4.04. The number of nitrogens with one attached hydrogen (secondary N) is 1. The largest absolute Gasteiger partial charge is 0.417 e. The van der Waals surface area contributed by atoms with E-state index in [1.54, 1.807) is 42.5 Å². The van der Waals surface area contributed by atoms with Crippen LogP contribution in [-0.4, -0.2) is 47.3 Å². The minimum Gasteiger partial charge on any atom is -0.388 e. The molecule has 1 aliphatic rings. The standard InChI is InChI=1S/C30H27F3N2O5/c31-30(32,33)26-15-25(9-8-23(26)17-34)35-28(38)29(39,24-10-12-40-13-11-24)16-19-2-1-3-22(14-19)20-4-6-21(7-5-20)27(37)18-36/h1-9,14-15,24,36,39H,10-13,16,18H2,(H,35,38). The van der Waals surface area contributed by atoms with Gasteiger partial charge >= 0.3 is 6.18 Å². The average molecular weight is 553 g/mol. The molecule has 1 amide bonds. The van der Waals surface area contributed by atoms with Gasteiger partial charge in [0.05, 0.1) is 17.2 Å². The van der Waals surface area contributed by atoms with Crippen LogP contribution < -0.4 is 5.32 Å². The molecule has 3 N–H and O–H groups in total. The number of hydrogen-bond acceptors (Lipinski definition) is 6. The van der Waals surface area contributed by atoms with Crippen LogP contribution in [0.4, 0.5) is 18.9 Å². The number of nitrogens with zero attached hydrogens (tertiary/aromatic N) is 1. The third-order valence-electron chi connectivity index (χ3n) is 7.08. The van der Waals surface area contributed by atoms with Gasteiger partial charge in [-0.05, 0) is 47.7 Å². The van der Waals surface area contributed by atoms with E-state index < -0.39 is 47.1 Å². The maximum atomic E-state index is 13.5. The van der Waals surface area contributed by atoms with Gasteiger partial charge in [0.15, 0.2) is 5.78 Å². The molecule has 1 aliphatic heterocycles. The lowest BCUT2D eigenvalue weighted by Crippen LogP contribution is -2.52. The molecule has 1 unspecified atom stereocenters. The highest BCUT2D eigenvalue weighted by Gasteiger charge is 2.45. The van der Waals surface area contributed by atoms with E-state index in [2.05, 4.69) is 5.32 Å². The monoisotopic (exact) mass is 552 g/mol. The molecule has 40 heavy (non-hydrogen) atoms. The van der Waals surface area contributed by atoms with E-state index in [4.69, 9.17) is 15.1 Å². The van der Waals surface area contributed by atoms with Gasteiger partial charge in [-0.2, -0.15) is 18.4 Å². The van der Waals surface area contributed by atoms with Crippen LogP contribution >= 0.6 is 0 Å². The van der Waals surface area contributed by atoms with Gasteiger partial charge in [-0.1, -0.05) is 48.5 Å². The first-order valence-corrected chi connectivity index (χ1v) is 12.6. The zero-order chi connectivity index (χ0) is 28.9. The van der Waals surface area contributed by atoms with Crippen LogP contribution in [-0.2, 0) is 22.1 Å². The predicted molar refractivity (Wildman–Crippen MR) is 140 cm³/mol. The number of ether oxygens (including phenoxy) is 1. The van der Waals surface area contributed by atoms with Crippen molar-refractivity contribution in [3.05, 3.63) is 89.0 Å². The van der Waals surface area contributed by atoms with Gasteiger partial charge in [0.2, 0.25) is 0 Å². The Bertz CT molecular complexity index is 1430. The second-order valence-electron chi connectivity index (χ2n) is 9.67. The average Bonchev–Trinajstić information content (AvgIpc) is 2.96. The lowest BCUT2D eigenvalue weighted by atomic mass is 9.77. The second kappa shape index (κ2) is 12.0. The number of anilines is 1. The SMILES string of the molecule is N#Cc1ccc(NC(=O)C(O)(Cc2cccc(-c3ccc(C(=O)CO)cc3)c2)C2CCOCC2)cc1C(F)(F)F. The summed E-state index contributed by atoms with van der Waals surface area (Å²) in [6.45, 7) is 0.0598. The number of benzene rings is 3. The summed E-state index contributed by atoms with van der Waals surface area (Å²) in [5, 5.41) is 32.4. The lowest BCUT2D eigenvalue weighted by Gasteiger charge is -2.37. The molecule has 7 nitrogen and oxygen atoms in total. The molecule has 0 aromatic heterocycles. The number of ketones is 1. The van der Waals surface area contributed by atoms with E-state index in [9.17, 15) is 27.9 Å². The highest BCUT2D eigenvalue weighted by Crippen LogP contribution is 2.36. The quantitative estimate of drug-likeness (QED) is 0.347. The Morgan fingerprint density at radius 2 is 1.70 bits per heavy atom. The van der Waals surface area contributed by atoms with Gasteiger partial charge in [0.1, 0.15) is 12.2 Å². The maximum Gasteiger partial charge on any atom is 0.417 e.